The number of benzene rings is 1. The zero-order chi connectivity index (χ0) is 17.8. The molecule has 1 amide bonds. The summed E-state index contributed by atoms with van der Waals surface area (Å²) in [5.74, 6) is -0.335. The average molecular weight is 397 g/mol. The molecule has 1 aromatic carbocycles. The monoisotopic (exact) mass is 396 g/mol. The van der Waals surface area contributed by atoms with E-state index in [9.17, 15) is 4.79 Å². The van der Waals surface area contributed by atoms with Gasteiger partial charge in [0.15, 0.2) is 0 Å². The molecule has 0 aliphatic heterocycles. The summed E-state index contributed by atoms with van der Waals surface area (Å²) in [6.07, 6.45) is 3.23. The Morgan fingerprint density at radius 3 is 2.64 bits per heavy atom. The summed E-state index contributed by atoms with van der Waals surface area (Å²) < 4.78 is 3.19. The van der Waals surface area contributed by atoms with Crippen molar-refractivity contribution in [3.63, 3.8) is 0 Å². The van der Waals surface area contributed by atoms with Gasteiger partial charge < -0.3 is 4.57 Å². The topological polar surface area (TPSA) is 59.3 Å². The average Bonchev–Trinajstić information content (AvgIpc) is 2.90. The highest BCUT2D eigenvalue weighted by Gasteiger charge is 2.10. The first-order chi connectivity index (χ1) is 12.1. The van der Waals surface area contributed by atoms with Crippen molar-refractivity contribution in [2.45, 2.75) is 13.8 Å². The van der Waals surface area contributed by atoms with Crippen molar-refractivity contribution in [2.24, 2.45) is 5.10 Å². The summed E-state index contributed by atoms with van der Waals surface area (Å²) in [7, 11) is 0. The van der Waals surface area contributed by atoms with E-state index in [1.807, 2.05) is 44.2 Å². The van der Waals surface area contributed by atoms with Crippen LogP contribution in [0.3, 0.4) is 0 Å². The van der Waals surface area contributed by atoms with Gasteiger partial charge in [-0.05, 0) is 56.3 Å². The Morgan fingerprint density at radius 1 is 1.20 bits per heavy atom. The number of hydrogen-bond acceptors (Lipinski definition) is 3. The minimum Gasteiger partial charge on any atom is -0.318 e. The SMILES string of the molecule is Cc1cc(/C=N\NC(=O)c2ccccn2)c(C)n1-c1ccc(Br)cc1. The molecular weight excluding hydrogens is 380 g/mol. The number of pyridine rings is 1. The van der Waals surface area contributed by atoms with E-state index in [0.717, 1.165) is 27.1 Å². The number of aryl methyl sites for hydroxylation is 1. The second-order valence-corrected chi connectivity index (χ2v) is 6.47. The molecule has 0 aliphatic carbocycles. The van der Waals surface area contributed by atoms with Gasteiger partial charge in [0.25, 0.3) is 5.91 Å². The number of aromatic nitrogens is 2. The summed E-state index contributed by atoms with van der Waals surface area (Å²) >= 11 is 3.45. The Bertz CT molecular complexity index is 915. The molecule has 0 aliphatic rings. The van der Waals surface area contributed by atoms with Crippen molar-refractivity contribution < 1.29 is 4.79 Å². The number of nitrogens with one attached hydrogen (secondary N) is 1. The second kappa shape index (κ2) is 7.44. The van der Waals surface area contributed by atoms with Gasteiger partial charge in [-0.15, -0.1) is 0 Å². The molecular formula is C19H17BrN4O. The molecule has 0 spiro atoms. The third kappa shape index (κ3) is 3.85. The van der Waals surface area contributed by atoms with Gasteiger partial charge >= 0.3 is 0 Å². The molecule has 5 nitrogen and oxygen atoms in total. The number of nitrogens with zero attached hydrogens (tertiary/aromatic N) is 3. The highest BCUT2D eigenvalue weighted by atomic mass is 79.9. The lowest BCUT2D eigenvalue weighted by Gasteiger charge is -2.09. The van der Waals surface area contributed by atoms with Crippen LogP contribution in [-0.4, -0.2) is 21.7 Å². The predicted molar refractivity (Wildman–Crippen MR) is 102 cm³/mol. The molecule has 3 aromatic rings. The van der Waals surface area contributed by atoms with Crippen molar-refractivity contribution >= 4 is 28.1 Å². The second-order valence-electron chi connectivity index (χ2n) is 5.55. The van der Waals surface area contributed by atoms with Crippen LogP contribution in [0, 0.1) is 13.8 Å². The van der Waals surface area contributed by atoms with Crippen molar-refractivity contribution in [2.75, 3.05) is 0 Å². The Labute approximate surface area is 154 Å². The number of carbonyl (C=O) groups is 1. The van der Waals surface area contributed by atoms with E-state index in [1.165, 1.54) is 0 Å². The Morgan fingerprint density at radius 2 is 1.96 bits per heavy atom. The van der Waals surface area contributed by atoms with Gasteiger partial charge in [0.05, 0.1) is 6.21 Å². The van der Waals surface area contributed by atoms with E-state index in [2.05, 4.69) is 36.0 Å². The van der Waals surface area contributed by atoms with E-state index in [0.29, 0.717) is 5.69 Å². The zero-order valence-electron chi connectivity index (χ0n) is 13.9. The summed E-state index contributed by atoms with van der Waals surface area (Å²) in [5.41, 5.74) is 7.01. The van der Waals surface area contributed by atoms with E-state index in [4.69, 9.17) is 0 Å². The van der Waals surface area contributed by atoms with Gasteiger partial charge in [-0.3, -0.25) is 9.78 Å². The van der Waals surface area contributed by atoms with Gasteiger partial charge in [-0.1, -0.05) is 22.0 Å². The maximum atomic E-state index is 11.9. The number of carbonyl (C=O) groups excluding carboxylic acids is 1. The standard InChI is InChI=1S/C19H17BrN4O/c1-13-11-15(12-22-23-19(25)18-5-3-4-10-21-18)14(2)24(13)17-8-6-16(20)7-9-17/h3-12H,1-2H3,(H,23,25)/b22-12-. The Kier molecular flexibility index (Phi) is 5.09. The maximum Gasteiger partial charge on any atom is 0.289 e. The van der Waals surface area contributed by atoms with Crippen LogP contribution in [0.5, 0.6) is 0 Å². The lowest BCUT2D eigenvalue weighted by molar-refractivity contribution is 0.0950. The number of rotatable bonds is 4. The Balaban J connectivity index is 1.79. The van der Waals surface area contributed by atoms with E-state index >= 15 is 0 Å². The van der Waals surface area contributed by atoms with E-state index < -0.39 is 0 Å². The fraction of sp³-hybridized carbons (Fsp3) is 0.105. The molecule has 0 fully saturated rings. The molecule has 2 aromatic heterocycles. The van der Waals surface area contributed by atoms with Gasteiger partial charge in [0.2, 0.25) is 0 Å². The van der Waals surface area contributed by atoms with Gasteiger partial charge in [0, 0.05) is 33.3 Å². The molecule has 0 bridgehead atoms. The maximum absolute atomic E-state index is 11.9. The molecule has 0 atom stereocenters. The van der Waals surface area contributed by atoms with Crippen LogP contribution in [-0.2, 0) is 0 Å². The van der Waals surface area contributed by atoms with E-state index in [1.54, 1.807) is 30.6 Å². The minimum absolute atomic E-state index is 0.333. The van der Waals surface area contributed by atoms with Gasteiger partial charge in [-0.2, -0.15) is 5.10 Å². The van der Waals surface area contributed by atoms with Crippen LogP contribution in [0.15, 0.2) is 64.3 Å². The molecule has 2 heterocycles. The highest BCUT2D eigenvalue weighted by molar-refractivity contribution is 9.10. The van der Waals surface area contributed by atoms with Crippen molar-refractivity contribution in [1.29, 1.82) is 0 Å². The molecule has 0 radical (unpaired) electrons. The fourth-order valence-corrected chi connectivity index (χ4v) is 2.88. The first-order valence-corrected chi connectivity index (χ1v) is 8.55. The molecule has 0 saturated carbocycles. The fourth-order valence-electron chi connectivity index (χ4n) is 2.62. The van der Waals surface area contributed by atoms with Crippen molar-refractivity contribution in [3.05, 3.63) is 81.8 Å². The first kappa shape index (κ1) is 17.1. The molecule has 3 rings (SSSR count). The minimum atomic E-state index is -0.335. The van der Waals surface area contributed by atoms with Crippen LogP contribution in [0.4, 0.5) is 0 Å². The summed E-state index contributed by atoms with van der Waals surface area (Å²) in [6.45, 7) is 4.07. The Hall–Kier alpha value is -2.73. The van der Waals surface area contributed by atoms with Crippen LogP contribution in [0.25, 0.3) is 5.69 Å². The summed E-state index contributed by atoms with van der Waals surface area (Å²) in [6, 6.07) is 15.3. The molecule has 126 valence electrons. The predicted octanol–water partition coefficient (Wildman–Crippen LogP) is 4.02. The lowest BCUT2D eigenvalue weighted by Crippen LogP contribution is -2.18. The van der Waals surface area contributed by atoms with Crippen LogP contribution >= 0.6 is 15.9 Å². The zero-order valence-corrected chi connectivity index (χ0v) is 15.5. The summed E-state index contributed by atoms with van der Waals surface area (Å²) in [4.78, 5) is 15.9. The molecule has 6 heteroatoms. The number of hydrogen-bond donors (Lipinski definition) is 1. The third-order valence-corrected chi connectivity index (χ3v) is 4.35. The largest absolute Gasteiger partial charge is 0.318 e. The van der Waals surface area contributed by atoms with E-state index in [-0.39, 0.29) is 5.91 Å². The highest BCUT2D eigenvalue weighted by Crippen LogP contribution is 2.21. The number of halogens is 1. The van der Waals surface area contributed by atoms with Gasteiger partial charge in [0.1, 0.15) is 5.69 Å². The smallest absolute Gasteiger partial charge is 0.289 e. The first-order valence-electron chi connectivity index (χ1n) is 7.75. The molecule has 0 saturated heterocycles. The quantitative estimate of drug-likeness (QED) is 0.534. The molecule has 1 N–H and O–H groups in total. The van der Waals surface area contributed by atoms with Crippen molar-refractivity contribution in [3.8, 4) is 5.69 Å². The number of hydrazone groups is 1. The molecule has 0 unspecified atom stereocenters. The van der Waals surface area contributed by atoms with Crippen LogP contribution in [0.1, 0.15) is 27.4 Å². The molecule has 25 heavy (non-hydrogen) atoms. The van der Waals surface area contributed by atoms with Crippen LogP contribution in [0.2, 0.25) is 0 Å². The van der Waals surface area contributed by atoms with Crippen LogP contribution < -0.4 is 5.43 Å². The third-order valence-electron chi connectivity index (χ3n) is 3.82. The lowest BCUT2D eigenvalue weighted by atomic mass is 10.2. The van der Waals surface area contributed by atoms with Crippen molar-refractivity contribution in [1.82, 2.24) is 15.0 Å². The normalized spacial score (nSPS) is 11.0. The summed E-state index contributed by atoms with van der Waals surface area (Å²) in [5, 5.41) is 4.06. The number of amides is 1. The van der Waals surface area contributed by atoms with Gasteiger partial charge in [-0.25, -0.2) is 5.43 Å².